The zero-order valence-corrected chi connectivity index (χ0v) is 33.4. The van der Waals surface area contributed by atoms with Gasteiger partial charge in [-0.3, -0.25) is 0 Å². The summed E-state index contributed by atoms with van der Waals surface area (Å²) in [6.07, 6.45) is 7.00. The normalized spacial score (nSPS) is 23.9. The number of nitrogens with zero attached hydrogens (tertiary/aromatic N) is 1. The van der Waals surface area contributed by atoms with E-state index in [9.17, 15) is 0 Å². The Kier molecular flexibility index (Phi) is 6.75. The highest BCUT2D eigenvalue weighted by Gasteiger charge is 2.61. The van der Waals surface area contributed by atoms with Gasteiger partial charge >= 0.3 is 0 Å². The Bertz CT molecular complexity index is 2970. The molecule has 6 aliphatic rings. The Hall–Kier alpha value is -5.92. The van der Waals surface area contributed by atoms with Crippen molar-refractivity contribution in [3.05, 3.63) is 186 Å². The number of rotatable bonds is 4. The maximum atomic E-state index is 2.60. The third-order valence-corrected chi connectivity index (χ3v) is 15.8. The van der Waals surface area contributed by atoms with Gasteiger partial charge in [-0.05, 0) is 169 Å². The Morgan fingerprint density at radius 2 is 1.03 bits per heavy atom. The van der Waals surface area contributed by atoms with Gasteiger partial charge in [0.05, 0.1) is 0 Å². The molecule has 0 aromatic heterocycles. The molecule has 0 amide bonds. The van der Waals surface area contributed by atoms with Crippen molar-refractivity contribution < 1.29 is 0 Å². The van der Waals surface area contributed by atoms with Crippen LogP contribution in [0.3, 0.4) is 0 Å². The van der Waals surface area contributed by atoms with Gasteiger partial charge in [-0.2, -0.15) is 0 Å². The first-order chi connectivity index (χ1) is 28.5. The smallest absolute Gasteiger partial charge is 0.0468 e. The monoisotopic (exact) mass is 745 g/mol. The van der Waals surface area contributed by atoms with E-state index in [2.05, 4.69) is 183 Å². The fraction of sp³-hybridized carbons (Fsp3) is 0.228. The lowest BCUT2D eigenvalue weighted by Crippen LogP contribution is -2.55. The van der Waals surface area contributed by atoms with Crippen LogP contribution in [0.25, 0.3) is 54.9 Å². The van der Waals surface area contributed by atoms with Crippen molar-refractivity contribution in [3.63, 3.8) is 0 Å². The Morgan fingerprint density at radius 1 is 0.414 bits per heavy atom. The van der Waals surface area contributed by atoms with Crippen LogP contribution in [0, 0.1) is 23.7 Å². The van der Waals surface area contributed by atoms with E-state index >= 15 is 0 Å². The van der Waals surface area contributed by atoms with Crippen LogP contribution in [-0.2, 0) is 10.8 Å². The van der Waals surface area contributed by atoms with E-state index in [-0.39, 0.29) is 10.8 Å². The number of fused-ring (bicyclic) bond motifs is 9. The van der Waals surface area contributed by atoms with Gasteiger partial charge in [0.25, 0.3) is 0 Å². The molecule has 58 heavy (non-hydrogen) atoms. The summed E-state index contributed by atoms with van der Waals surface area (Å²) < 4.78 is 0. The van der Waals surface area contributed by atoms with E-state index in [1.54, 1.807) is 11.1 Å². The lowest BCUT2D eigenvalue weighted by atomic mass is 9.43. The van der Waals surface area contributed by atoms with Crippen molar-refractivity contribution in [1.82, 2.24) is 0 Å². The summed E-state index contributed by atoms with van der Waals surface area (Å²) in [5.74, 6) is 3.25. The molecule has 1 spiro atoms. The van der Waals surface area contributed by atoms with E-state index in [4.69, 9.17) is 0 Å². The first kappa shape index (κ1) is 33.1. The Balaban J connectivity index is 1.05. The maximum absolute atomic E-state index is 2.60. The van der Waals surface area contributed by atoms with E-state index < -0.39 is 0 Å². The fourth-order valence-electron chi connectivity index (χ4n) is 13.7. The van der Waals surface area contributed by atoms with Gasteiger partial charge in [0, 0.05) is 27.9 Å². The summed E-state index contributed by atoms with van der Waals surface area (Å²) in [6, 6.07) is 62.9. The molecule has 0 radical (unpaired) electrons. The molecule has 14 rings (SSSR count). The number of hydrogen-bond donors (Lipinski definition) is 0. The molecule has 0 saturated heterocycles. The minimum Gasteiger partial charge on any atom is -0.310 e. The number of hydrogen-bond acceptors (Lipinski definition) is 1. The molecule has 0 unspecified atom stereocenters. The van der Waals surface area contributed by atoms with Crippen LogP contribution in [0.5, 0.6) is 0 Å². The lowest BCUT2D eigenvalue weighted by molar-refractivity contribution is -0.0399. The molecule has 4 fully saturated rings. The zero-order valence-electron chi connectivity index (χ0n) is 33.4. The molecule has 1 nitrogen and oxygen atoms in total. The summed E-state index contributed by atoms with van der Waals surface area (Å²) in [5, 5.41) is 5.15. The minimum absolute atomic E-state index is 0.0940. The molecule has 4 saturated carbocycles. The first-order valence-corrected chi connectivity index (χ1v) is 21.8. The Labute approximate surface area is 342 Å². The molecule has 1 heteroatoms. The molecule has 6 aliphatic carbocycles. The van der Waals surface area contributed by atoms with Gasteiger partial charge in [0.2, 0.25) is 0 Å². The van der Waals surface area contributed by atoms with Crippen LogP contribution in [0.1, 0.15) is 68.2 Å². The highest BCUT2D eigenvalue weighted by molar-refractivity contribution is 6.08. The van der Waals surface area contributed by atoms with Crippen molar-refractivity contribution in [3.8, 4) is 33.4 Å². The standard InChI is InChI=1S/C57H47N/c1-56(2)51-17-9-8-15-48(51)49-25-22-44(34-54(49)56)58(42-21-24-46-39(32-42)20-19-38-13-6-7-14-45(38)46)43-23-26-52-50(33-43)55-47(37-11-4-3-5-12-37)16-10-18-53(55)57(52)40-28-35-27-36(30-40)31-41(57)29-35/h3-26,32-36,40-41H,27-31H2,1-2H3. The van der Waals surface area contributed by atoms with Crippen molar-refractivity contribution in [1.29, 1.82) is 0 Å². The minimum atomic E-state index is -0.0940. The predicted octanol–water partition coefficient (Wildman–Crippen LogP) is 15.2. The average molecular weight is 746 g/mol. The van der Waals surface area contributed by atoms with Crippen LogP contribution in [0.15, 0.2) is 164 Å². The molecule has 280 valence electrons. The first-order valence-electron chi connectivity index (χ1n) is 21.8. The van der Waals surface area contributed by atoms with Crippen LogP contribution in [0.2, 0.25) is 0 Å². The van der Waals surface area contributed by atoms with Crippen molar-refractivity contribution >= 4 is 38.6 Å². The van der Waals surface area contributed by atoms with Gasteiger partial charge in [-0.1, -0.05) is 141 Å². The van der Waals surface area contributed by atoms with Gasteiger partial charge < -0.3 is 4.90 Å². The van der Waals surface area contributed by atoms with Crippen LogP contribution in [-0.4, -0.2) is 0 Å². The van der Waals surface area contributed by atoms with E-state index in [1.807, 2.05) is 0 Å². The van der Waals surface area contributed by atoms with Crippen LogP contribution in [0.4, 0.5) is 17.1 Å². The summed E-state index contributed by atoms with van der Waals surface area (Å²) >= 11 is 0. The van der Waals surface area contributed by atoms with Crippen molar-refractivity contribution in [2.24, 2.45) is 23.7 Å². The molecule has 0 N–H and O–H groups in total. The van der Waals surface area contributed by atoms with Gasteiger partial charge in [0.1, 0.15) is 0 Å². The molecule has 0 atom stereocenters. The quantitative estimate of drug-likeness (QED) is 0.162. The molecular formula is C57H47N. The highest BCUT2D eigenvalue weighted by Crippen LogP contribution is 2.70. The number of anilines is 3. The zero-order chi connectivity index (χ0) is 38.3. The highest BCUT2D eigenvalue weighted by atomic mass is 15.1. The maximum Gasteiger partial charge on any atom is 0.0468 e. The molecular weight excluding hydrogens is 699 g/mol. The summed E-state index contributed by atoms with van der Waals surface area (Å²) in [6.45, 7) is 4.80. The van der Waals surface area contributed by atoms with Crippen LogP contribution >= 0.6 is 0 Å². The van der Waals surface area contributed by atoms with Gasteiger partial charge in [-0.25, -0.2) is 0 Å². The molecule has 8 aromatic rings. The predicted molar refractivity (Wildman–Crippen MR) is 242 cm³/mol. The van der Waals surface area contributed by atoms with Gasteiger partial charge in [0.15, 0.2) is 0 Å². The SMILES string of the molecule is CC1(C)c2ccccc2-c2ccc(N(c3ccc4c(c3)-c3c(-c5ccccc5)cccc3C43C4CC5CC(C4)CC3C5)c3ccc4c(ccc5ccccc54)c3)cc21. The van der Waals surface area contributed by atoms with Crippen molar-refractivity contribution in [2.75, 3.05) is 4.90 Å². The van der Waals surface area contributed by atoms with Crippen molar-refractivity contribution in [2.45, 2.75) is 56.8 Å². The van der Waals surface area contributed by atoms with Gasteiger partial charge in [-0.15, -0.1) is 0 Å². The third kappa shape index (κ3) is 4.37. The second kappa shape index (κ2) is 11.8. The topological polar surface area (TPSA) is 3.24 Å². The second-order valence-electron chi connectivity index (χ2n) is 18.9. The van der Waals surface area contributed by atoms with E-state index in [0.29, 0.717) is 11.8 Å². The fourth-order valence-corrected chi connectivity index (χ4v) is 13.7. The van der Waals surface area contributed by atoms with E-state index in [0.717, 1.165) is 11.8 Å². The lowest BCUT2D eigenvalue weighted by Gasteiger charge is -2.61. The van der Waals surface area contributed by atoms with Crippen LogP contribution < -0.4 is 4.90 Å². The summed E-state index contributed by atoms with van der Waals surface area (Å²) in [7, 11) is 0. The molecule has 0 heterocycles. The Morgan fingerprint density at radius 3 is 1.88 bits per heavy atom. The largest absolute Gasteiger partial charge is 0.310 e. The molecule has 8 aromatic carbocycles. The second-order valence-corrected chi connectivity index (χ2v) is 18.9. The molecule has 4 bridgehead atoms. The summed E-state index contributed by atoms with van der Waals surface area (Å²) in [5.41, 5.74) is 18.0. The average Bonchev–Trinajstić information content (AvgIpc) is 3.68. The summed E-state index contributed by atoms with van der Waals surface area (Å²) in [4.78, 5) is 2.56. The van der Waals surface area contributed by atoms with E-state index in [1.165, 1.54) is 115 Å². The molecule has 0 aliphatic heterocycles. The number of benzene rings is 8. The third-order valence-electron chi connectivity index (χ3n) is 15.8.